The van der Waals surface area contributed by atoms with Crippen LogP contribution in [0.4, 0.5) is 5.13 Å². The molecule has 0 radical (unpaired) electrons. The van der Waals surface area contributed by atoms with Gasteiger partial charge in [-0.2, -0.15) is 0 Å². The minimum Gasteiger partial charge on any atom is -0.333 e. The second kappa shape index (κ2) is 6.31. The molecule has 0 unspecified atom stereocenters. The van der Waals surface area contributed by atoms with E-state index in [1.807, 2.05) is 24.7 Å². The van der Waals surface area contributed by atoms with Gasteiger partial charge in [0.05, 0.1) is 21.2 Å². The molecular weight excluding hydrogens is 355 g/mol. The van der Waals surface area contributed by atoms with E-state index in [1.54, 1.807) is 18.3 Å². The van der Waals surface area contributed by atoms with E-state index in [-0.39, 0.29) is 5.91 Å². The number of amides is 1. The van der Waals surface area contributed by atoms with Crippen LogP contribution in [0.5, 0.6) is 0 Å². The zero-order valence-corrected chi connectivity index (χ0v) is 14.6. The number of nitrogens with one attached hydrogen (secondary N) is 1. The van der Waals surface area contributed by atoms with Gasteiger partial charge in [0.1, 0.15) is 0 Å². The van der Waals surface area contributed by atoms with Crippen molar-refractivity contribution in [2.75, 3.05) is 5.32 Å². The summed E-state index contributed by atoms with van der Waals surface area (Å²) in [6.07, 6.45) is 3.58. The Balaban J connectivity index is 1.88. The van der Waals surface area contributed by atoms with Crippen molar-refractivity contribution in [1.82, 2.24) is 14.5 Å². The lowest BCUT2D eigenvalue weighted by Crippen LogP contribution is -2.12. The molecule has 0 atom stereocenters. The van der Waals surface area contributed by atoms with Gasteiger partial charge in [0.15, 0.2) is 11.0 Å². The Morgan fingerprint density at radius 1 is 1.35 bits per heavy atom. The van der Waals surface area contributed by atoms with Crippen LogP contribution in [0.3, 0.4) is 0 Å². The average Bonchev–Trinajstić information content (AvgIpc) is 3.07. The van der Waals surface area contributed by atoms with Crippen LogP contribution in [0.15, 0.2) is 30.6 Å². The number of carbonyl (C=O) groups excluding carboxylic acids is 1. The van der Waals surface area contributed by atoms with Crippen molar-refractivity contribution in [2.24, 2.45) is 7.05 Å². The van der Waals surface area contributed by atoms with Gasteiger partial charge >= 0.3 is 0 Å². The van der Waals surface area contributed by atoms with Gasteiger partial charge in [-0.1, -0.05) is 34.5 Å². The van der Waals surface area contributed by atoms with Gasteiger partial charge in [0, 0.05) is 24.5 Å². The minimum absolute atomic E-state index is 0.311. The lowest BCUT2D eigenvalue weighted by atomic mass is 10.2. The molecule has 2 aromatic heterocycles. The predicted molar refractivity (Wildman–Crippen MR) is 93.5 cm³/mol. The largest absolute Gasteiger partial charge is 0.333 e. The Morgan fingerprint density at radius 3 is 2.83 bits per heavy atom. The standard InChI is InChI=1S/C15H12Cl2N4OS/c1-8-12(13-18-5-6-21(13)2)23-15(19-8)20-14(22)10-7-9(16)3-4-11(10)17/h3-7H,1-2H3,(H,19,20,22). The third-order valence-electron chi connectivity index (χ3n) is 3.21. The van der Waals surface area contributed by atoms with Gasteiger partial charge in [-0.15, -0.1) is 0 Å². The summed E-state index contributed by atoms with van der Waals surface area (Å²) in [6.45, 7) is 1.88. The molecule has 1 N–H and O–H groups in total. The monoisotopic (exact) mass is 366 g/mol. The zero-order valence-electron chi connectivity index (χ0n) is 12.3. The van der Waals surface area contributed by atoms with Gasteiger partial charge in [-0.3, -0.25) is 10.1 Å². The fourth-order valence-corrected chi connectivity index (χ4v) is 3.45. The maximum Gasteiger partial charge on any atom is 0.259 e. The van der Waals surface area contributed by atoms with Crippen LogP contribution in [0, 0.1) is 6.92 Å². The molecule has 8 heteroatoms. The first kappa shape index (κ1) is 16.0. The molecule has 0 bridgehead atoms. The fraction of sp³-hybridized carbons (Fsp3) is 0.133. The van der Waals surface area contributed by atoms with Crippen LogP contribution < -0.4 is 5.32 Å². The molecule has 3 rings (SSSR count). The molecule has 0 spiro atoms. The summed E-state index contributed by atoms with van der Waals surface area (Å²) < 4.78 is 1.90. The number of hydrogen-bond donors (Lipinski definition) is 1. The highest BCUT2D eigenvalue weighted by Crippen LogP contribution is 2.32. The maximum atomic E-state index is 12.4. The Morgan fingerprint density at radius 2 is 2.13 bits per heavy atom. The van der Waals surface area contributed by atoms with E-state index in [0.29, 0.717) is 20.7 Å². The number of imidazole rings is 1. The van der Waals surface area contributed by atoms with Gasteiger partial charge in [0.25, 0.3) is 5.91 Å². The number of hydrogen-bond acceptors (Lipinski definition) is 4. The Kier molecular flexibility index (Phi) is 4.39. The van der Waals surface area contributed by atoms with E-state index in [4.69, 9.17) is 23.2 Å². The van der Waals surface area contributed by atoms with Crippen molar-refractivity contribution in [3.8, 4) is 10.7 Å². The first-order valence-corrected chi connectivity index (χ1v) is 8.24. The molecule has 2 heterocycles. The fourth-order valence-electron chi connectivity index (χ4n) is 2.08. The molecule has 0 fully saturated rings. The number of halogens is 2. The molecule has 0 aliphatic rings. The smallest absolute Gasteiger partial charge is 0.259 e. The number of rotatable bonds is 3. The SMILES string of the molecule is Cc1nc(NC(=O)c2cc(Cl)ccc2Cl)sc1-c1nccn1C. The first-order valence-electron chi connectivity index (χ1n) is 6.67. The highest BCUT2D eigenvalue weighted by molar-refractivity contribution is 7.19. The van der Waals surface area contributed by atoms with Gasteiger partial charge in [0.2, 0.25) is 0 Å². The van der Waals surface area contributed by atoms with Crippen LogP contribution in [0.1, 0.15) is 16.1 Å². The number of carbonyl (C=O) groups is 1. The second-order valence-corrected chi connectivity index (χ2v) is 6.72. The summed E-state index contributed by atoms with van der Waals surface area (Å²) in [6, 6.07) is 4.75. The van der Waals surface area contributed by atoms with E-state index >= 15 is 0 Å². The molecule has 1 amide bonds. The lowest BCUT2D eigenvalue weighted by Gasteiger charge is -2.04. The number of aromatic nitrogens is 3. The summed E-state index contributed by atoms with van der Waals surface area (Å²) >= 11 is 13.3. The van der Waals surface area contributed by atoms with Crippen LogP contribution in [-0.4, -0.2) is 20.4 Å². The average molecular weight is 367 g/mol. The number of anilines is 1. The minimum atomic E-state index is -0.349. The van der Waals surface area contributed by atoms with Crippen molar-refractivity contribution in [3.63, 3.8) is 0 Å². The van der Waals surface area contributed by atoms with Crippen molar-refractivity contribution in [1.29, 1.82) is 0 Å². The molecule has 0 aliphatic carbocycles. The highest BCUT2D eigenvalue weighted by Gasteiger charge is 2.17. The van der Waals surface area contributed by atoms with Crippen LogP contribution in [0.2, 0.25) is 10.0 Å². The summed E-state index contributed by atoms with van der Waals surface area (Å²) in [7, 11) is 1.91. The number of aryl methyl sites for hydroxylation is 2. The Bertz CT molecular complexity index is 887. The lowest BCUT2D eigenvalue weighted by molar-refractivity contribution is 0.102. The molecular formula is C15H12Cl2N4OS. The Hall–Kier alpha value is -1.89. The number of thiazole rings is 1. The van der Waals surface area contributed by atoms with Crippen LogP contribution in [0.25, 0.3) is 10.7 Å². The van der Waals surface area contributed by atoms with Crippen molar-refractivity contribution >= 4 is 45.6 Å². The maximum absolute atomic E-state index is 12.4. The molecule has 5 nitrogen and oxygen atoms in total. The van der Waals surface area contributed by atoms with Gasteiger partial charge in [-0.05, 0) is 25.1 Å². The van der Waals surface area contributed by atoms with E-state index in [2.05, 4.69) is 15.3 Å². The van der Waals surface area contributed by atoms with Crippen molar-refractivity contribution in [2.45, 2.75) is 6.92 Å². The molecule has 0 aliphatic heterocycles. The topological polar surface area (TPSA) is 59.8 Å². The van der Waals surface area contributed by atoms with Crippen LogP contribution >= 0.6 is 34.5 Å². The van der Waals surface area contributed by atoms with Crippen molar-refractivity contribution in [3.05, 3.63) is 51.9 Å². The molecule has 23 heavy (non-hydrogen) atoms. The normalized spacial score (nSPS) is 10.8. The van der Waals surface area contributed by atoms with Gasteiger partial charge < -0.3 is 4.57 Å². The third-order valence-corrected chi connectivity index (χ3v) is 4.85. The van der Waals surface area contributed by atoms with E-state index in [0.717, 1.165) is 16.4 Å². The van der Waals surface area contributed by atoms with Gasteiger partial charge in [-0.25, -0.2) is 9.97 Å². The molecule has 1 aromatic carbocycles. The number of benzene rings is 1. The summed E-state index contributed by atoms with van der Waals surface area (Å²) in [5.74, 6) is 0.457. The molecule has 118 valence electrons. The molecule has 0 saturated carbocycles. The zero-order chi connectivity index (χ0) is 16.6. The summed E-state index contributed by atoms with van der Waals surface area (Å²) in [5, 5.41) is 4.03. The van der Waals surface area contributed by atoms with E-state index < -0.39 is 0 Å². The van der Waals surface area contributed by atoms with Crippen LogP contribution in [-0.2, 0) is 7.05 Å². The second-order valence-electron chi connectivity index (χ2n) is 4.87. The highest BCUT2D eigenvalue weighted by atomic mass is 35.5. The van der Waals surface area contributed by atoms with Crippen molar-refractivity contribution < 1.29 is 4.79 Å². The Labute approximate surface area is 146 Å². The summed E-state index contributed by atoms with van der Waals surface area (Å²) in [4.78, 5) is 21.9. The quantitative estimate of drug-likeness (QED) is 0.746. The predicted octanol–water partition coefficient (Wildman–Crippen LogP) is 4.41. The summed E-state index contributed by atoms with van der Waals surface area (Å²) in [5.41, 5.74) is 1.11. The van der Waals surface area contributed by atoms with E-state index in [9.17, 15) is 4.79 Å². The van der Waals surface area contributed by atoms with E-state index in [1.165, 1.54) is 17.4 Å². The molecule has 0 saturated heterocycles. The third kappa shape index (κ3) is 3.24. The number of nitrogens with zero attached hydrogens (tertiary/aromatic N) is 3. The molecule has 3 aromatic rings. The first-order chi connectivity index (χ1) is 11.0.